The summed E-state index contributed by atoms with van der Waals surface area (Å²) in [6.07, 6.45) is 10.2. The Morgan fingerprint density at radius 1 is 1.03 bits per heavy atom. The summed E-state index contributed by atoms with van der Waals surface area (Å²) in [5, 5.41) is 3.18. The first kappa shape index (κ1) is 25.8. The minimum atomic E-state index is -0.523. The van der Waals surface area contributed by atoms with E-state index < -0.39 is 5.54 Å². The monoisotopic (exact) mass is 510 g/mol. The molecule has 3 fully saturated rings. The van der Waals surface area contributed by atoms with Crippen molar-refractivity contribution in [2.45, 2.75) is 90.5 Å². The number of carbonyl (C=O) groups excluding carboxylic acids is 2. The van der Waals surface area contributed by atoms with Gasteiger partial charge in [0.25, 0.3) is 5.91 Å². The molecule has 196 valence electrons. The van der Waals surface area contributed by atoms with Gasteiger partial charge in [-0.3, -0.25) is 18.9 Å². The van der Waals surface area contributed by atoms with Crippen molar-refractivity contribution in [2.24, 2.45) is 16.8 Å². The van der Waals surface area contributed by atoms with Crippen LogP contribution in [0.5, 0.6) is 0 Å². The first-order valence-corrected chi connectivity index (χ1v) is 15.0. The van der Waals surface area contributed by atoms with Crippen LogP contribution in [0.2, 0.25) is 0 Å². The van der Waals surface area contributed by atoms with Crippen molar-refractivity contribution in [1.82, 2.24) is 9.62 Å². The quantitative estimate of drug-likeness (QED) is 0.534. The van der Waals surface area contributed by atoms with Crippen molar-refractivity contribution in [2.75, 3.05) is 30.3 Å². The molecular formula is C29H42N4O2S. The Bertz CT molecular complexity index is 999. The molecule has 1 N–H and O–H groups in total. The highest BCUT2D eigenvalue weighted by Crippen LogP contribution is 2.37. The minimum absolute atomic E-state index is 0.138. The molecule has 2 saturated heterocycles. The fourth-order valence-corrected chi connectivity index (χ4v) is 7.46. The Hall–Kier alpha value is -1.86. The number of carbonyl (C=O) groups is 2. The SMILES string of the molecule is Cc1cc(N2CCCCC2=O)cc(C)c1CCSN1CCC2(CC1)N=C(C1CCC(C)CC1)NC2=O. The highest BCUT2D eigenvalue weighted by molar-refractivity contribution is 7.97. The number of nitrogens with one attached hydrogen (secondary N) is 1. The second-order valence-corrected chi connectivity index (χ2v) is 12.7. The molecule has 4 aliphatic rings. The Kier molecular flexibility index (Phi) is 7.78. The summed E-state index contributed by atoms with van der Waals surface area (Å²) < 4.78 is 2.43. The molecule has 1 aromatic carbocycles. The lowest BCUT2D eigenvalue weighted by atomic mass is 9.82. The Balaban J connectivity index is 1.13. The fraction of sp³-hybridized carbons (Fsp3) is 0.690. The maximum absolute atomic E-state index is 12.9. The second-order valence-electron chi connectivity index (χ2n) is 11.5. The number of piperidine rings is 2. The van der Waals surface area contributed by atoms with Gasteiger partial charge in [-0.1, -0.05) is 31.7 Å². The number of hydrogen-bond acceptors (Lipinski definition) is 5. The molecule has 7 heteroatoms. The molecule has 1 spiro atoms. The molecule has 5 rings (SSSR count). The smallest absolute Gasteiger partial charge is 0.253 e. The van der Waals surface area contributed by atoms with E-state index in [4.69, 9.17) is 4.99 Å². The molecule has 2 amide bonds. The van der Waals surface area contributed by atoms with E-state index in [1.165, 1.54) is 29.5 Å². The van der Waals surface area contributed by atoms with Crippen LogP contribution >= 0.6 is 11.9 Å². The van der Waals surface area contributed by atoms with Gasteiger partial charge in [0.15, 0.2) is 0 Å². The largest absolute Gasteiger partial charge is 0.312 e. The van der Waals surface area contributed by atoms with Crippen LogP contribution in [0.15, 0.2) is 17.1 Å². The van der Waals surface area contributed by atoms with Gasteiger partial charge in [-0.25, -0.2) is 0 Å². The average molecular weight is 511 g/mol. The van der Waals surface area contributed by atoms with Crippen LogP contribution in [0.1, 0.15) is 81.4 Å². The predicted octanol–water partition coefficient (Wildman–Crippen LogP) is 5.20. The van der Waals surface area contributed by atoms with Gasteiger partial charge >= 0.3 is 0 Å². The molecule has 36 heavy (non-hydrogen) atoms. The van der Waals surface area contributed by atoms with Gasteiger partial charge in [-0.15, -0.1) is 0 Å². The maximum Gasteiger partial charge on any atom is 0.253 e. The van der Waals surface area contributed by atoms with E-state index in [0.717, 1.165) is 87.8 Å². The molecule has 0 bridgehead atoms. The fourth-order valence-electron chi connectivity index (χ4n) is 6.47. The number of aryl methyl sites for hydroxylation is 2. The standard InChI is InChI=1S/C29H42N4O2S/c1-20-7-9-23(10-8-20)27-30-28(35)29(31-27)12-15-32(16-13-29)36-17-11-25-21(2)18-24(19-22(25)3)33-14-5-4-6-26(33)34/h18-20,23H,4-17H2,1-3H3,(H,30,31,35). The van der Waals surface area contributed by atoms with Gasteiger partial charge in [0, 0.05) is 43.4 Å². The maximum atomic E-state index is 12.9. The zero-order chi connectivity index (χ0) is 25.3. The number of benzene rings is 1. The molecule has 1 aromatic rings. The summed E-state index contributed by atoms with van der Waals surface area (Å²) in [5.74, 6) is 3.65. The van der Waals surface area contributed by atoms with E-state index in [1.54, 1.807) is 0 Å². The van der Waals surface area contributed by atoms with Gasteiger partial charge in [0.2, 0.25) is 5.91 Å². The topological polar surface area (TPSA) is 65.0 Å². The first-order chi connectivity index (χ1) is 17.3. The van der Waals surface area contributed by atoms with Crippen LogP contribution in [0, 0.1) is 25.7 Å². The van der Waals surface area contributed by atoms with Crippen molar-refractivity contribution in [3.8, 4) is 0 Å². The third kappa shape index (κ3) is 5.38. The van der Waals surface area contributed by atoms with Crippen LogP contribution < -0.4 is 10.2 Å². The van der Waals surface area contributed by atoms with Crippen molar-refractivity contribution in [3.05, 3.63) is 28.8 Å². The van der Waals surface area contributed by atoms with Crippen molar-refractivity contribution in [3.63, 3.8) is 0 Å². The highest BCUT2D eigenvalue weighted by atomic mass is 32.2. The summed E-state index contributed by atoms with van der Waals surface area (Å²) in [6.45, 7) is 9.34. The first-order valence-electron chi connectivity index (χ1n) is 14.0. The van der Waals surface area contributed by atoms with Crippen LogP contribution in [0.3, 0.4) is 0 Å². The number of amidine groups is 1. The molecule has 6 nitrogen and oxygen atoms in total. The van der Waals surface area contributed by atoms with Gasteiger partial charge in [0.05, 0.1) is 0 Å². The average Bonchev–Trinajstić information content (AvgIpc) is 3.18. The number of anilines is 1. The molecule has 3 heterocycles. The second kappa shape index (κ2) is 10.9. The number of aliphatic imine (C=N–C) groups is 1. The van der Waals surface area contributed by atoms with Crippen LogP contribution in [0.4, 0.5) is 5.69 Å². The van der Waals surface area contributed by atoms with Crippen molar-refractivity contribution >= 4 is 35.3 Å². The summed E-state index contributed by atoms with van der Waals surface area (Å²) in [7, 11) is 0. The number of rotatable bonds is 6. The molecule has 0 unspecified atom stereocenters. The molecule has 0 radical (unpaired) electrons. The number of hydrogen-bond donors (Lipinski definition) is 1. The normalized spacial score (nSPS) is 26.9. The van der Waals surface area contributed by atoms with E-state index in [0.29, 0.717) is 12.3 Å². The summed E-state index contributed by atoms with van der Waals surface area (Å²) >= 11 is 1.90. The lowest BCUT2D eigenvalue weighted by molar-refractivity contribution is -0.125. The van der Waals surface area contributed by atoms with Crippen molar-refractivity contribution < 1.29 is 9.59 Å². The predicted molar refractivity (Wildman–Crippen MR) is 149 cm³/mol. The molecule has 0 aromatic heterocycles. The third-order valence-electron chi connectivity index (χ3n) is 8.89. The molecular weight excluding hydrogens is 468 g/mol. The van der Waals surface area contributed by atoms with Crippen LogP contribution in [-0.4, -0.2) is 52.9 Å². The number of amides is 2. The molecule has 1 saturated carbocycles. The van der Waals surface area contributed by atoms with Crippen LogP contribution in [-0.2, 0) is 16.0 Å². The zero-order valence-corrected chi connectivity index (χ0v) is 23.1. The van der Waals surface area contributed by atoms with Gasteiger partial charge < -0.3 is 10.2 Å². The summed E-state index contributed by atoms with van der Waals surface area (Å²) in [6, 6.07) is 4.39. The van der Waals surface area contributed by atoms with Gasteiger partial charge in [-0.2, -0.15) is 0 Å². The third-order valence-corrected chi connectivity index (χ3v) is 10.0. The van der Waals surface area contributed by atoms with Crippen LogP contribution in [0.25, 0.3) is 0 Å². The Morgan fingerprint density at radius 2 is 1.72 bits per heavy atom. The lowest BCUT2D eigenvalue weighted by Gasteiger charge is -2.34. The Morgan fingerprint density at radius 3 is 2.39 bits per heavy atom. The van der Waals surface area contributed by atoms with Gasteiger partial charge in [-0.05, 0) is 93.5 Å². The number of nitrogens with zero attached hydrogens (tertiary/aromatic N) is 3. The van der Waals surface area contributed by atoms with E-state index in [2.05, 4.69) is 42.5 Å². The highest BCUT2D eigenvalue weighted by Gasteiger charge is 2.47. The lowest BCUT2D eigenvalue weighted by Crippen LogP contribution is -2.47. The summed E-state index contributed by atoms with van der Waals surface area (Å²) in [5.41, 5.74) is 4.50. The summed E-state index contributed by atoms with van der Waals surface area (Å²) in [4.78, 5) is 32.3. The van der Waals surface area contributed by atoms with E-state index in [-0.39, 0.29) is 11.8 Å². The Labute approximate surface area is 220 Å². The van der Waals surface area contributed by atoms with Crippen molar-refractivity contribution in [1.29, 1.82) is 0 Å². The molecule has 0 atom stereocenters. The van der Waals surface area contributed by atoms with Gasteiger partial charge in [0.1, 0.15) is 11.4 Å². The minimum Gasteiger partial charge on any atom is -0.312 e. The van der Waals surface area contributed by atoms with E-state index in [1.807, 2.05) is 16.8 Å². The van der Waals surface area contributed by atoms with E-state index >= 15 is 0 Å². The molecule has 1 aliphatic carbocycles. The van der Waals surface area contributed by atoms with E-state index in [9.17, 15) is 9.59 Å². The molecule has 3 aliphatic heterocycles. The zero-order valence-electron chi connectivity index (χ0n) is 22.3.